The van der Waals surface area contributed by atoms with E-state index in [-0.39, 0.29) is 11.0 Å². The molecule has 0 spiro atoms. The van der Waals surface area contributed by atoms with Crippen molar-refractivity contribution in [1.82, 2.24) is 0 Å². The number of aliphatic hydroxyl groups is 3. The standard InChI is InChI=1S/C10H19NO3S/c1-5-6-8(7(2)3)15-9(11-4)10(12,13)14/h6-7,12-14H,5H2,1-4H3/b8-6-,11-9-. The van der Waals surface area contributed by atoms with Crippen molar-refractivity contribution >= 4 is 16.8 Å². The largest absolute Gasteiger partial charge is 0.338 e. The molecule has 3 N–H and O–H groups in total. The lowest BCUT2D eigenvalue weighted by Gasteiger charge is -2.18. The molecule has 0 aliphatic heterocycles. The summed E-state index contributed by atoms with van der Waals surface area (Å²) in [6.07, 6.45) is 2.83. The van der Waals surface area contributed by atoms with Crippen LogP contribution in [0.1, 0.15) is 27.2 Å². The van der Waals surface area contributed by atoms with Gasteiger partial charge < -0.3 is 15.3 Å². The van der Waals surface area contributed by atoms with E-state index in [1.54, 1.807) is 0 Å². The molecule has 0 aromatic carbocycles. The van der Waals surface area contributed by atoms with Crippen LogP contribution in [0.25, 0.3) is 0 Å². The third-order valence-corrected chi connectivity index (χ3v) is 3.20. The Bertz CT molecular complexity index is 254. The quantitative estimate of drug-likeness (QED) is 0.389. The van der Waals surface area contributed by atoms with E-state index in [1.807, 2.05) is 26.8 Å². The maximum absolute atomic E-state index is 9.01. The molecule has 0 rings (SSSR count). The average Bonchev–Trinajstić information content (AvgIpc) is 2.09. The van der Waals surface area contributed by atoms with E-state index in [0.29, 0.717) is 0 Å². The number of nitrogens with zero attached hydrogens (tertiary/aromatic N) is 1. The molecule has 0 atom stereocenters. The van der Waals surface area contributed by atoms with Gasteiger partial charge in [-0.05, 0) is 17.2 Å². The van der Waals surface area contributed by atoms with Gasteiger partial charge in [0.2, 0.25) is 0 Å². The predicted octanol–water partition coefficient (Wildman–Crippen LogP) is 1.33. The molecule has 0 saturated carbocycles. The fourth-order valence-electron chi connectivity index (χ4n) is 0.972. The minimum Gasteiger partial charge on any atom is -0.338 e. The van der Waals surface area contributed by atoms with Gasteiger partial charge in [0.15, 0.2) is 5.04 Å². The van der Waals surface area contributed by atoms with E-state index in [2.05, 4.69) is 4.99 Å². The lowest BCUT2D eigenvalue weighted by Crippen LogP contribution is -2.36. The second-order valence-electron chi connectivity index (χ2n) is 3.44. The minimum absolute atomic E-state index is 0.115. The Morgan fingerprint density at radius 2 is 1.93 bits per heavy atom. The first-order valence-corrected chi connectivity index (χ1v) is 5.66. The number of hydrogen-bond acceptors (Lipinski definition) is 5. The normalized spacial score (nSPS) is 14.9. The van der Waals surface area contributed by atoms with Crippen LogP contribution in [0.4, 0.5) is 0 Å². The zero-order valence-electron chi connectivity index (χ0n) is 9.56. The Balaban J connectivity index is 4.75. The van der Waals surface area contributed by atoms with Crippen LogP contribution in [-0.4, -0.2) is 33.4 Å². The molecule has 0 radical (unpaired) electrons. The monoisotopic (exact) mass is 233 g/mol. The Morgan fingerprint density at radius 3 is 2.20 bits per heavy atom. The maximum atomic E-state index is 9.01. The maximum Gasteiger partial charge on any atom is 0.328 e. The highest BCUT2D eigenvalue weighted by molar-refractivity contribution is 8.17. The van der Waals surface area contributed by atoms with Gasteiger partial charge in [0.05, 0.1) is 0 Å². The second kappa shape index (κ2) is 6.27. The molecule has 0 saturated heterocycles. The van der Waals surface area contributed by atoms with Gasteiger partial charge >= 0.3 is 5.97 Å². The topological polar surface area (TPSA) is 73.1 Å². The first kappa shape index (κ1) is 14.6. The average molecular weight is 233 g/mol. The van der Waals surface area contributed by atoms with Crippen LogP contribution < -0.4 is 0 Å². The molecule has 0 fully saturated rings. The summed E-state index contributed by atoms with van der Waals surface area (Å²) in [7, 11) is 1.41. The molecular weight excluding hydrogens is 214 g/mol. The van der Waals surface area contributed by atoms with Crippen LogP contribution in [0.2, 0.25) is 0 Å². The lowest BCUT2D eigenvalue weighted by molar-refractivity contribution is -0.253. The molecule has 0 aromatic heterocycles. The van der Waals surface area contributed by atoms with Crippen molar-refractivity contribution in [2.75, 3.05) is 7.05 Å². The highest BCUT2D eigenvalue weighted by atomic mass is 32.2. The smallest absolute Gasteiger partial charge is 0.328 e. The number of allylic oxidation sites excluding steroid dienone is 2. The van der Waals surface area contributed by atoms with Gasteiger partial charge in [-0.1, -0.05) is 38.6 Å². The van der Waals surface area contributed by atoms with Crippen LogP contribution in [0.15, 0.2) is 16.0 Å². The van der Waals surface area contributed by atoms with Gasteiger partial charge in [-0.15, -0.1) is 0 Å². The van der Waals surface area contributed by atoms with Crippen molar-refractivity contribution in [1.29, 1.82) is 0 Å². The van der Waals surface area contributed by atoms with Gasteiger partial charge in [0.25, 0.3) is 0 Å². The van der Waals surface area contributed by atoms with Crippen LogP contribution in [0, 0.1) is 5.92 Å². The summed E-state index contributed by atoms with van der Waals surface area (Å²) in [5.41, 5.74) is 0. The fourth-order valence-corrected chi connectivity index (χ4v) is 1.91. The van der Waals surface area contributed by atoms with Crippen molar-refractivity contribution in [3.05, 3.63) is 11.0 Å². The Morgan fingerprint density at radius 1 is 1.40 bits per heavy atom. The molecule has 15 heavy (non-hydrogen) atoms. The SMILES string of the molecule is CC/C=C(\S/C(=N\C)C(O)(O)O)C(C)C. The van der Waals surface area contributed by atoms with E-state index >= 15 is 0 Å². The molecule has 0 unspecified atom stereocenters. The summed E-state index contributed by atoms with van der Waals surface area (Å²) >= 11 is 1.09. The van der Waals surface area contributed by atoms with E-state index < -0.39 is 5.97 Å². The molecule has 0 bridgehead atoms. The van der Waals surface area contributed by atoms with Gasteiger partial charge in [-0.2, -0.15) is 0 Å². The Hall–Kier alpha value is -0.360. The highest BCUT2D eigenvalue weighted by Gasteiger charge is 2.28. The van der Waals surface area contributed by atoms with Crippen LogP contribution in [0.3, 0.4) is 0 Å². The van der Waals surface area contributed by atoms with Gasteiger partial charge in [0.1, 0.15) is 0 Å². The van der Waals surface area contributed by atoms with Crippen LogP contribution >= 0.6 is 11.8 Å². The highest BCUT2D eigenvalue weighted by Crippen LogP contribution is 2.28. The number of rotatable bonds is 4. The van der Waals surface area contributed by atoms with E-state index in [0.717, 1.165) is 23.1 Å². The van der Waals surface area contributed by atoms with Gasteiger partial charge in [-0.3, -0.25) is 4.99 Å². The number of aliphatic imine (C=N–C) groups is 1. The Kier molecular flexibility index (Phi) is 6.12. The first-order valence-electron chi connectivity index (χ1n) is 4.85. The van der Waals surface area contributed by atoms with E-state index in [1.165, 1.54) is 7.05 Å². The molecule has 0 aromatic rings. The molecule has 0 heterocycles. The minimum atomic E-state index is -2.85. The summed E-state index contributed by atoms with van der Waals surface area (Å²) in [4.78, 5) is 4.61. The lowest BCUT2D eigenvalue weighted by atomic mass is 10.2. The molecule has 0 aliphatic rings. The Labute approximate surface area is 94.7 Å². The van der Waals surface area contributed by atoms with Crippen molar-refractivity contribution < 1.29 is 15.3 Å². The summed E-state index contributed by atoms with van der Waals surface area (Å²) in [5, 5.41) is 26.9. The first-order chi connectivity index (χ1) is 6.82. The number of hydrogen-bond donors (Lipinski definition) is 3. The third kappa shape index (κ3) is 5.32. The number of thioether (sulfide) groups is 1. The third-order valence-electron chi connectivity index (χ3n) is 1.68. The summed E-state index contributed by atoms with van der Waals surface area (Å²) in [6.45, 7) is 5.99. The van der Waals surface area contributed by atoms with Crippen molar-refractivity contribution in [3.63, 3.8) is 0 Å². The molecule has 0 amide bonds. The summed E-state index contributed by atoms with van der Waals surface area (Å²) < 4.78 is 0. The van der Waals surface area contributed by atoms with Crippen molar-refractivity contribution in [2.45, 2.75) is 33.2 Å². The van der Waals surface area contributed by atoms with E-state index in [4.69, 9.17) is 15.3 Å². The van der Waals surface area contributed by atoms with Crippen molar-refractivity contribution in [3.8, 4) is 0 Å². The molecular formula is C10H19NO3S. The van der Waals surface area contributed by atoms with Gasteiger partial charge in [0, 0.05) is 7.05 Å². The fraction of sp³-hybridized carbons (Fsp3) is 0.700. The van der Waals surface area contributed by atoms with Crippen LogP contribution in [-0.2, 0) is 0 Å². The molecule has 5 heteroatoms. The zero-order valence-corrected chi connectivity index (χ0v) is 10.4. The summed E-state index contributed by atoms with van der Waals surface area (Å²) in [5.74, 6) is -2.59. The molecule has 88 valence electrons. The molecule has 4 nitrogen and oxygen atoms in total. The van der Waals surface area contributed by atoms with Crippen molar-refractivity contribution in [2.24, 2.45) is 10.9 Å². The second-order valence-corrected chi connectivity index (χ2v) is 4.50. The predicted molar refractivity (Wildman–Crippen MR) is 63.5 cm³/mol. The molecule has 0 aliphatic carbocycles. The zero-order chi connectivity index (χ0) is 12.1. The van der Waals surface area contributed by atoms with Gasteiger partial charge in [-0.25, -0.2) is 0 Å². The van der Waals surface area contributed by atoms with Crippen LogP contribution in [0.5, 0.6) is 0 Å². The summed E-state index contributed by atoms with van der Waals surface area (Å²) in [6, 6.07) is 0. The van der Waals surface area contributed by atoms with E-state index in [9.17, 15) is 0 Å².